The third kappa shape index (κ3) is 3.56. The van der Waals surface area contributed by atoms with Gasteiger partial charge in [0.2, 0.25) is 0 Å². The van der Waals surface area contributed by atoms with Gasteiger partial charge in [0.25, 0.3) is 0 Å². The van der Waals surface area contributed by atoms with Crippen molar-refractivity contribution in [2.24, 2.45) is 0 Å². The minimum Gasteiger partial charge on any atom is -0.370 e. The van der Waals surface area contributed by atoms with E-state index < -0.39 is 6.89 Å². The highest BCUT2D eigenvalue weighted by Crippen LogP contribution is 2.43. The van der Waals surface area contributed by atoms with E-state index in [1.165, 1.54) is 15.9 Å². The number of hydrogen-bond donors (Lipinski definition) is 0. The lowest BCUT2D eigenvalue weighted by Gasteiger charge is -2.28. The normalized spacial score (nSPS) is 16.8. The first kappa shape index (κ1) is 18.0. The Morgan fingerprint density at radius 2 is 1.22 bits per heavy atom. The fourth-order valence-corrected chi connectivity index (χ4v) is 7.55. The molecular weight excluding hydrogens is 351 g/mol. The largest absolute Gasteiger partial charge is 0.370 e. The van der Waals surface area contributed by atoms with E-state index in [0.717, 1.165) is 12.8 Å². The number of rotatable bonds is 5. The van der Waals surface area contributed by atoms with Gasteiger partial charge in [-0.3, -0.25) is 4.79 Å². The van der Waals surface area contributed by atoms with Crippen molar-refractivity contribution in [3.05, 3.63) is 91.0 Å². The van der Waals surface area contributed by atoms with E-state index in [0.29, 0.717) is 6.61 Å². The summed E-state index contributed by atoms with van der Waals surface area (Å²) in [6.07, 6.45) is 1.46. The maximum absolute atomic E-state index is 13.2. The van der Waals surface area contributed by atoms with Crippen molar-refractivity contribution in [2.75, 3.05) is 6.61 Å². The Morgan fingerprint density at radius 1 is 0.778 bits per heavy atom. The second-order valence-corrected chi connectivity index (χ2v) is 10.0. The predicted octanol–water partition coefficient (Wildman–Crippen LogP) is 3.53. The fraction of sp³-hybridized carbons (Fsp3) is 0.167. The highest BCUT2D eigenvalue weighted by Gasteiger charge is 2.29. The quantitative estimate of drug-likeness (QED) is 0.639. The molecule has 0 N–H and O–H groups in total. The molecule has 0 aliphatic carbocycles. The molecule has 0 radical (unpaired) electrons. The first-order valence-corrected chi connectivity index (χ1v) is 11.2. The van der Waals surface area contributed by atoms with E-state index in [4.69, 9.17) is 4.74 Å². The second kappa shape index (κ2) is 8.08. The summed E-state index contributed by atoms with van der Waals surface area (Å²) in [5.74, 6) is 2.10. The van der Waals surface area contributed by atoms with Gasteiger partial charge in [-0.2, -0.15) is 0 Å². The minimum atomic E-state index is -2.22. The number of hydrogen-bond acceptors (Lipinski definition) is 2. The molecule has 1 aliphatic rings. The van der Waals surface area contributed by atoms with Crippen LogP contribution in [0.5, 0.6) is 0 Å². The van der Waals surface area contributed by atoms with Crippen LogP contribution in [0.4, 0.5) is 0 Å². The molecule has 3 heteroatoms. The maximum Gasteiger partial charge on any atom is 0.185 e. The molecule has 1 fully saturated rings. The monoisotopic (exact) mass is 374 g/mol. The molecule has 1 aliphatic heterocycles. The van der Waals surface area contributed by atoms with Crippen LogP contribution in [0.1, 0.15) is 12.8 Å². The number of ketones is 1. The van der Waals surface area contributed by atoms with E-state index >= 15 is 0 Å². The van der Waals surface area contributed by atoms with Crippen LogP contribution >= 0.6 is 6.89 Å². The van der Waals surface area contributed by atoms with Gasteiger partial charge in [-0.15, -0.1) is 0 Å². The van der Waals surface area contributed by atoms with Crippen molar-refractivity contribution in [1.82, 2.24) is 0 Å². The van der Waals surface area contributed by atoms with Gasteiger partial charge in [-0.25, -0.2) is 0 Å². The highest BCUT2D eigenvalue weighted by molar-refractivity contribution is 7.95. The third-order valence-corrected chi connectivity index (χ3v) is 9.04. The van der Waals surface area contributed by atoms with Crippen LogP contribution in [0.3, 0.4) is 0 Å². The zero-order chi connectivity index (χ0) is 18.5. The van der Waals surface area contributed by atoms with Gasteiger partial charge in [-0.05, 0) is 41.4 Å². The van der Waals surface area contributed by atoms with Gasteiger partial charge in [0, 0.05) is 6.61 Å². The summed E-state index contributed by atoms with van der Waals surface area (Å²) < 4.78 is 5.71. The van der Waals surface area contributed by atoms with Crippen LogP contribution in [0.25, 0.3) is 0 Å². The molecule has 4 rings (SSSR count). The van der Waals surface area contributed by atoms with Crippen LogP contribution in [0.2, 0.25) is 0 Å². The van der Waals surface area contributed by atoms with Gasteiger partial charge in [0.15, 0.2) is 5.78 Å². The molecule has 3 aromatic rings. The average Bonchev–Trinajstić information content (AvgIpc) is 3.29. The van der Waals surface area contributed by atoms with Gasteiger partial charge in [0.05, 0.1) is 0 Å². The molecule has 0 spiro atoms. The highest BCUT2D eigenvalue weighted by atomic mass is 31.2. The summed E-state index contributed by atoms with van der Waals surface area (Å²) in [4.78, 5) is 13.2. The number of benzene rings is 3. The summed E-state index contributed by atoms with van der Waals surface area (Å²) in [7, 11) is 0. The Morgan fingerprint density at radius 3 is 1.59 bits per heavy atom. The number of carbonyl (C=O) groups is 1. The summed E-state index contributed by atoms with van der Waals surface area (Å²) >= 11 is 0. The zero-order valence-electron chi connectivity index (χ0n) is 15.2. The van der Waals surface area contributed by atoms with E-state index in [1.807, 2.05) is 24.0 Å². The molecule has 3 aromatic carbocycles. The SMILES string of the molecule is O=C(C=P(c1ccccc1)(c1ccccc1)c1ccccc1)C1CCCO1. The van der Waals surface area contributed by atoms with E-state index in [1.54, 1.807) is 0 Å². The van der Waals surface area contributed by atoms with E-state index in [-0.39, 0.29) is 11.9 Å². The van der Waals surface area contributed by atoms with E-state index in [2.05, 4.69) is 72.8 Å². The Labute approximate surface area is 160 Å². The van der Waals surface area contributed by atoms with Crippen LogP contribution < -0.4 is 15.9 Å². The summed E-state index contributed by atoms with van der Waals surface area (Å²) in [6.45, 7) is -1.54. The molecule has 27 heavy (non-hydrogen) atoms. The molecule has 0 saturated carbocycles. The van der Waals surface area contributed by atoms with Crippen molar-refractivity contribution in [1.29, 1.82) is 0 Å². The van der Waals surface area contributed by atoms with Crippen LogP contribution in [-0.4, -0.2) is 24.3 Å². The van der Waals surface area contributed by atoms with E-state index in [9.17, 15) is 4.79 Å². The van der Waals surface area contributed by atoms with Gasteiger partial charge in [-0.1, -0.05) is 91.0 Å². The number of ether oxygens (including phenoxy) is 1. The number of Topliss-reactive ketones (excluding diaryl/α,β-unsaturated/α-hetero) is 1. The molecule has 1 saturated heterocycles. The molecule has 0 bridgehead atoms. The minimum absolute atomic E-state index is 0.109. The van der Waals surface area contributed by atoms with Gasteiger partial charge >= 0.3 is 0 Å². The van der Waals surface area contributed by atoms with Crippen LogP contribution in [0.15, 0.2) is 91.0 Å². The Bertz CT molecular complexity index is 840. The van der Waals surface area contributed by atoms with Crippen molar-refractivity contribution >= 4 is 34.4 Å². The zero-order valence-corrected chi connectivity index (χ0v) is 16.1. The Kier molecular flexibility index (Phi) is 5.38. The van der Waals surface area contributed by atoms with Crippen molar-refractivity contribution < 1.29 is 9.53 Å². The molecule has 0 amide bonds. The van der Waals surface area contributed by atoms with Crippen molar-refractivity contribution in [3.8, 4) is 0 Å². The lowest BCUT2D eigenvalue weighted by atomic mass is 10.2. The molecule has 0 aromatic heterocycles. The molecule has 1 atom stereocenters. The smallest absolute Gasteiger partial charge is 0.185 e. The molecule has 2 nitrogen and oxygen atoms in total. The summed E-state index contributed by atoms with van der Waals surface area (Å²) in [6, 6.07) is 31.3. The first-order chi connectivity index (χ1) is 13.3. The first-order valence-electron chi connectivity index (χ1n) is 9.38. The molecule has 1 heterocycles. The number of carbonyl (C=O) groups excluding carboxylic acids is 1. The van der Waals surface area contributed by atoms with Crippen molar-refractivity contribution in [2.45, 2.75) is 18.9 Å². The van der Waals surface area contributed by atoms with Crippen molar-refractivity contribution in [3.63, 3.8) is 0 Å². The Hall–Kier alpha value is -2.41. The molecular formula is C24H23O2P. The lowest BCUT2D eigenvalue weighted by molar-refractivity contribution is -0.120. The topological polar surface area (TPSA) is 26.3 Å². The summed E-state index contributed by atoms with van der Waals surface area (Å²) in [5.41, 5.74) is 0. The lowest BCUT2D eigenvalue weighted by Crippen LogP contribution is -2.31. The molecule has 136 valence electrons. The average molecular weight is 374 g/mol. The standard InChI is InChI=1S/C24H23O2P/c25-23(24-17-10-18-26-24)19-27(20-11-4-1-5-12-20,21-13-6-2-7-14-21)22-15-8-3-9-16-22/h1-9,11-16,19,24H,10,17-18H2. The van der Waals surface area contributed by atoms with Gasteiger partial charge < -0.3 is 4.74 Å². The van der Waals surface area contributed by atoms with Crippen LogP contribution in [-0.2, 0) is 9.53 Å². The maximum atomic E-state index is 13.2. The van der Waals surface area contributed by atoms with Crippen LogP contribution in [0, 0.1) is 0 Å². The molecule has 1 unspecified atom stereocenters. The summed E-state index contributed by atoms with van der Waals surface area (Å²) in [5, 5.41) is 3.57. The second-order valence-electron chi connectivity index (χ2n) is 6.76. The van der Waals surface area contributed by atoms with Gasteiger partial charge in [0.1, 0.15) is 6.10 Å². The third-order valence-electron chi connectivity index (χ3n) is 5.06. The predicted molar refractivity (Wildman–Crippen MR) is 115 cm³/mol. The Balaban J connectivity index is 2.02. The fourth-order valence-electron chi connectivity index (χ4n) is 3.74.